The molecule has 0 radical (unpaired) electrons. The zero-order valence-electron chi connectivity index (χ0n) is 37.9. The Morgan fingerprint density at radius 1 is 0.845 bits per heavy atom. The third-order valence-electron chi connectivity index (χ3n) is 11.1. The number of anilines is 2. The molecule has 8 rings (SSSR count). The summed E-state index contributed by atoms with van der Waals surface area (Å²) < 4.78 is 42.4. The first-order valence-corrected chi connectivity index (χ1v) is 24.8. The lowest BCUT2D eigenvalue weighted by Crippen LogP contribution is -2.54. The number of amides is 7. The van der Waals surface area contributed by atoms with Gasteiger partial charge in [-0.05, 0) is 54.4 Å². The molecule has 0 saturated carbocycles. The summed E-state index contributed by atoms with van der Waals surface area (Å²) in [7, 11) is -3.64. The Balaban J connectivity index is 0.773. The smallest absolute Gasteiger partial charge is 0.264 e. The summed E-state index contributed by atoms with van der Waals surface area (Å²) in [5, 5.41) is 15.6. The first kappa shape index (κ1) is 49.2. The second-order valence-corrected chi connectivity index (χ2v) is 18.9. The summed E-state index contributed by atoms with van der Waals surface area (Å²) in [4.78, 5) is 95.6. The maximum Gasteiger partial charge on any atom is 0.264 e. The van der Waals surface area contributed by atoms with Gasteiger partial charge in [0.05, 0.1) is 48.4 Å². The molecule has 71 heavy (non-hydrogen) atoms. The van der Waals surface area contributed by atoms with Crippen LogP contribution < -0.4 is 36.1 Å². The van der Waals surface area contributed by atoms with Gasteiger partial charge < -0.3 is 35.5 Å². The molecule has 2 aromatic heterocycles. The quantitative estimate of drug-likeness (QED) is 0.0503. The van der Waals surface area contributed by atoms with Gasteiger partial charge in [-0.3, -0.25) is 47.8 Å². The van der Waals surface area contributed by atoms with E-state index < -0.39 is 57.6 Å². The lowest BCUT2D eigenvalue weighted by molar-refractivity contribution is -0.136. The number of benzene rings is 4. The molecular weight excluding hydrogens is 957 g/mol. The Labute approximate surface area is 410 Å². The van der Waals surface area contributed by atoms with Crippen LogP contribution in [-0.4, -0.2) is 115 Å². The molecule has 1 saturated heterocycles. The van der Waals surface area contributed by atoms with Gasteiger partial charge in [-0.1, -0.05) is 54.6 Å². The molecule has 1 unspecified atom stereocenters. The van der Waals surface area contributed by atoms with E-state index in [1.165, 1.54) is 29.7 Å². The SMILES string of the molecule is CS(=O)(=O)n1ccc(C(=O)N[C@@H](COCc2ccc(C(=O)NCCOc3cccc(OCCNc4cccc5c4C(=O)N(C4CCC(=O)NC4=O)C5=O)c3)cc2)C(=O)Nc2nc(-c3ccccc3)cs2)c1. The number of imide groups is 2. The van der Waals surface area contributed by atoms with Crippen molar-refractivity contribution in [2.24, 2.45) is 0 Å². The largest absolute Gasteiger partial charge is 0.492 e. The van der Waals surface area contributed by atoms with Crippen molar-refractivity contribution in [1.82, 2.24) is 29.8 Å². The van der Waals surface area contributed by atoms with Crippen molar-refractivity contribution in [3.63, 3.8) is 0 Å². The van der Waals surface area contributed by atoms with E-state index in [1.54, 1.807) is 66.0 Å². The molecule has 22 heteroatoms. The monoisotopic (exact) mass is 1000 g/mol. The number of carbonyl (C=O) groups is 7. The van der Waals surface area contributed by atoms with Crippen molar-refractivity contribution in [1.29, 1.82) is 0 Å². The van der Waals surface area contributed by atoms with E-state index in [4.69, 9.17) is 14.2 Å². The fourth-order valence-electron chi connectivity index (χ4n) is 7.56. The molecular formula is C49H46N8O12S2. The fourth-order valence-corrected chi connectivity index (χ4v) is 8.87. The van der Waals surface area contributed by atoms with E-state index in [0.29, 0.717) is 39.1 Å². The normalized spacial score (nSPS) is 14.8. The number of carbonyl (C=O) groups excluding carboxylic acids is 7. The lowest BCUT2D eigenvalue weighted by atomic mass is 10.0. The van der Waals surface area contributed by atoms with Crippen molar-refractivity contribution < 1.29 is 56.2 Å². The molecule has 4 aromatic carbocycles. The summed E-state index contributed by atoms with van der Waals surface area (Å²) >= 11 is 1.21. The van der Waals surface area contributed by atoms with Crippen LogP contribution in [0, 0.1) is 0 Å². The number of ether oxygens (including phenoxy) is 3. The van der Waals surface area contributed by atoms with E-state index in [9.17, 15) is 42.0 Å². The maximum absolute atomic E-state index is 13.5. The molecule has 1 fully saturated rings. The van der Waals surface area contributed by atoms with Crippen LogP contribution in [0.1, 0.15) is 59.8 Å². The zero-order valence-corrected chi connectivity index (χ0v) is 39.5. The van der Waals surface area contributed by atoms with E-state index >= 15 is 0 Å². The van der Waals surface area contributed by atoms with Crippen molar-refractivity contribution in [3.8, 4) is 22.8 Å². The minimum Gasteiger partial charge on any atom is -0.492 e. The highest BCUT2D eigenvalue weighted by Crippen LogP contribution is 2.32. The second kappa shape index (κ2) is 22.0. The topological polar surface area (TPSA) is 263 Å². The Morgan fingerprint density at radius 3 is 2.30 bits per heavy atom. The van der Waals surface area contributed by atoms with Crippen LogP contribution in [0.2, 0.25) is 0 Å². The molecule has 5 N–H and O–H groups in total. The third kappa shape index (κ3) is 12.2. The van der Waals surface area contributed by atoms with Crippen LogP contribution in [0.4, 0.5) is 10.8 Å². The molecule has 7 amide bonds. The number of nitrogens with one attached hydrogen (secondary N) is 5. The second-order valence-electron chi connectivity index (χ2n) is 16.2. The van der Waals surface area contributed by atoms with E-state index in [2.05, 4.69) is 31.6 Å². The summed E-state index contributed by atoms with van der Waals surface area (Å²) in [5.74, 6) is -2.97. The summed E-state index contributed by atoms with van der Waals surface area (Å²) in [6, 6.07) is 26.8. The first-order chi connectivity index (χ1) is 34.2. The Morgan fingerprint density at radius 2 is 1.58 bits per heavy atom. The van der Waals surface area contributed by atoms with E-state index in [-0.39, 0.29) is 75.0 Å². The number of aromatic nitrogens is 2. The zero-order chi connectivity index (χ0) is 50.1. The Bertz CT molecular complexity index is 3100. The van der Waals surface area contributed by atoms with Gasteiger partial charge in [0.2, 0.25) is 21.8 Å². The third-order valence-corrected chi connectivity index (χ3v) is 12.9. The number of hydrogen-bond donors (Lipinski definition) is 5. The van der Waals surface area contributed by atoms with Gasteiger partial charge in [-0.25, -0.2) is 13.4 Å². The van der Waals surface area contributed by atoms with Gasteiger partial charge in [-0.15, -0.1) is 11.3 Å². The molecule has 0 aliphatic carbocycles. The molecule has 4 heterocycles. The van der Waals surface area contributed by atoms with Crippen LogP contribution in [0.5, 0.6) is 11.5 Å². The molecule has 366 valence electrons. The van der Waals surface area contributed by atoms with Crippen molar-refractivity contribution in [2.75, 3.05) is 49.8 Å². The fraction of sp³-hybridized carbons (Fsp3) is 0.224. The predicted molar refractivity (Wildman–Crippen MR) is 260 cm³/mol. The van der Waals surface area contributed by atoms with Crippen LogP contribution in [0.3, 0.4) is 0 Å². The summed E-state index contributed by atoms with van der Waals surface area (Å²) in [5.41, 5.74) is 3.33. The average Bonchev–Trinajstić information content (AvgIpc) is 4.12. The number of piperidine rings is 1. The predicted octanol–water partition coefficient (Wildman–Crippen LogP) is 4.07. The lowest BCUT2D eigenvalue weighted by Gasteiger charge is -2.27. The van der Waals surface area contributed by atoms with Crippen molar-refractivity contribution >= 4 is 73.5 Å². The summed E-state index contributed by atoms with van der Waals surface area (Å²) in [6.07, 6.45) is 3.46. The molecule has 0 spiro atoms. The Kier molecular flexibility index (Phi) is 15.3. The summed E-state index contributed by atoms with van der Waals surface area (Å²) in [6.45, 7) is 0.550. The van der Waals surface area contributed by atoms with Crippen LogP contribution in [-0.2, 0) is 35.8 Å². The average molecular weight is 1000 g/mol. The highest BCUT2D eigenvalue weighted by molar-refractivity contribution is 7.89. The van der Waals surface area contributed by atoms with Crippen molar-refractivity contribution in [3.05, 3.63) is 149 Å². The van der Waals surface area contributed by atoms with Gasteiger partial charge >= 0.3 is 0 Å². The number of nitrogens with zero attached hydrogens (tertiary/aromatic N) is 3. The maximum atomic E-state index is 13.5. The number of thiazole rings is 1. The standard InChI is InChI=1S/C49H46N8O12S2/c1-71(65,66)56-22-19-33(26-56)44(60)52-38(45(61)55-49-53-39(29-70-49)31-7-3-2-4-8-31)28-67-27-30-13-15-32(16-14-30)43(59)51-21-24-69-35-10-5-9-34(25-35)68-23-20-50-37-12-6-11-36-42(37)48(64)57(47(36)63)40-17-18-41(58)54-46(40)62/h2-16,19,22,25-26,29,38,40,50H,17-18,20-21,23-24,27-28H2,1H3,(H,51,59)(H,52,60)(H,53,55,61)(H,54,58,62)/t38-,40?/m0/s1. The highest BCUT2D eigenvalue weighted by atomic mass is 32.2. The first-order valence-electron chi connectivity index (χ1n) is 22.1. The van der Waals surface area contributed by atoms with Crippen LogP contribution >= 0.6 is 11.3 Å². The van der Waals surface area contributed by atoms with Crippen LogP contribution in [0.15, 0.2) is 121 Å². The minimum absolute atomic E-state index is 0.0231. The molecule has 20 nitrogen and oxygen atoms in total. The number of hydrogen-bond acceptors (Lipinski definition) is 15. The van der Waals surface area contributed by atoms with Gasteiger partial charge in [0.1, 0.15) is 36.8 Å². The molecule has 2 aliphatic rings. The molecule has 0 bridgehead atoms. The van der Waals surface area contributed by atoms with E-state index in [1.807, 2.05) is 30.3 Å². The number of fused-ring (bicyclic) bond motifs is 1. The van der Waals surface area contributed by atoms with Crippen molar-refractivity contribution in [2.45, 2.75) is 31.5 Å². The Hall–Kier alpha value is -8.21. The van der Waals surface area contributed by atoms with Gasteiger partial charge in [-0.2, -0.15) is 0 Å². The van der Waals surface area contributed by atoms with Crippen LogP contribution in [0.25, 0.3) is 11.3 Å². The molecule has 2 atom stereocenters. The highest BCUT2D eigenvalue weighted by Gasteiger charge is 2.45. The number of rotatable bonds is 21. The minimum atomic E-state index is -3.64. The molecule has 2 aliphatic heterocycles. The molecule has 6 aromatic rings. The van der Waals surface area contributed by atoms with Gasteiger partial charge in [0.15, 0.2) is 5.13 Å². The van der Waals surface area contributed by atoms with Gasteiger partial charge in [0, 0.05) is 53.6 Å². The van der Waals surface area contributed by atoms with Gasteiger partial charge in [0.25, 0.3) is 29.5 Å². The van der Waals surface area contributed by atoms with E-state index in [0.717, 1.165) is 26.9 Å².